The highest BCUT2D eigenvalue weighted by Crippen LogP contribution is 2.17. The minimum absolute atomic E-state index is 0. The van der Waals surface area contributed by atoms with Gasteiger partial charge in [-0.05, 0) is 31.2 Å². The molecule has 0 unspecified atom stereocenters. The molecule has 1 atom stereocenters. The Morgan fingerprint density at radius 3 is 2.65 bits per heavy atom. The fraction of sp³-hybridized carbons (Fsp3) is 0.250. The van der Waals surface area contributed by atoms with Gasteiger partial charge in [-0.1, -0.05) is 0 Å². The van der Waals surface area contributed by atoms with E-state index in [1.54, 1.807) is 6.92 Å². The van der Waals surface area contributed by atoms with Crippen molar-refractivity contribution >= 4 is 33.4 Å². The first-order chi connectivity index (χ1) is 8.92. The third-order valence-corrected chi connectivity index (χ3v) is 4.20. The first-order valence-corrected chi connectivity index (χ1v) is 7.17. The standard InChI is InChI=1S/C12H14N2O4S.ClH/c1-8(7-13)14-19(16,17)10-3-4-11-9(6-10)2-5-12(15)18-11;/h2-6,8,14H,7,13H2,1H3;1H/t8-;/m1./s1. The van der Waals surface area contributed by atoms with Crippen molar-refractivity contribution in [1.82, 2.24) is 4.72 Å². The molecule has 3 N–H and O–H groups in total. The van der Waals surface area contributed by atoms with Crippen molar-refractivity contribution in [2.45, 2.75) is 17.9 Å². The van der Waals surface area contributed by atoms with E-state index in [0.29, 0.717) is 11.0 Å². The quantitative estimate of drug-likeness (QED) is 0.813. The highest BCUT2D eigenvalue weighted by Gasteiger charge is 2.17. The van der Waals surface area contributed by atoms with Gasteiger partial charge in [-0.15, -0.1) is 12.4 Å². The number of rotatable bonds is 4. The first-order valence-electron chi connectivity index (χ1n) is 5.69. The fourth-order valence-corrected chi connectivity index (χ4v) is 2.89. The van der Waals surface area contributed by atoms with Crippen molar-refractivity contribution in [3.05, 3.63) is 40.8 Å². The Morgan fingerprint density at radius 1 is 1.30 bits per heavy atom. The zero-order valence-electron chi connectivity index (χ0n) is 10.7. The summed E-state index contributed by atoms with van der Waals surface area (Å²) in [6.45, 7) is 1.89. The minimum atomic E-state index is -3.62. The number of benzene rings is 1. The molecule has 0 bridgehead atoms. The summed E-state index contributed by atoms with van der Waals surface area (Å²) in [4.78, 5) is 11.1. The van der Waals surface area contributed by atoms with Crippen LogP contribution >= 0.6 is 12.4 Å². The molecule has 8 heteroatoms. The van der Waals surface area contributed by atoms with Crippen LogP contribution in [0.25, 0.3) is 11.0 Å². The van der Waals surface area contributed by atoms with Crippen LogP contribution in [0.3, 0.4) is 0 Å². The van der Waals surface area contributed by atoms with E-state index in [-0.39, 0.29) is 29.9 Å². The molecular weight excluding hydrogens is 304 g/mol. The van der Waals surface area contributed by atoms with Crippen molar-refractivity contribution in [3.63, 3.8) is 0 Å². The fourth-order valence-electron chi connectivity index (χ4n) is 1.60. The number of hydrogen-bond acceptors (Lipinski definition) is 5. The van der Waals surface area contributed by atoms with Gasteiger partial charge in [0.15, 0.2) is 0 Å². The summed E-state index contributed by atoms with van der Waals surface area (Å²) < 4.78 is 31.5. The molecule has 1 heterocycles. The lowest BCUT2D eigenvalue weighted by Crippen LogP contribution is -2.37. The maximum Gasteiger partial charge on any atom is 0.336 e. The molecule has 1 aromatic heterocycles. The molecule has 2 rings (SSSR count). The van der Waals surface area contributed by atoms with Crippen LogP contribution in [0.1, 0.15) is 6.92 Å². The molecule has 0 spiro atoms. The van der Waals surface area contributed by atoms with Gasteiger partial charge in [0, 0.05) is 24.0 Å². The summed E-state index contributed by atoms with van der Waals surface area (Å²) in [6.07, 6.45) is 0. The number of sulfonamides is 1. The van der Waals surface area contributed by atoms with Crippen molar-refractivity contribution in [2.24, 2.45) is 5.73 Å². The first kappa shape index (κ1) is 16.6. The van der Waals surface area contributed by atoms with Gasteiger partial charge in [0.1, 0.15) is 5.58 Å². The van der Waals surface area contributed by atoms with Gasteiger partial charge >= 0.3 is 5.63 Å². The number of nitrogens with one attached hydrogen (secondary N) is 1. The van der Waals surface area contributed by atoms with Crippen LogP contribution in [0.15, 0.2) is 44.4 Å². The lowest BCUT2D eigenvalue weighted by molar-refractivity contribution is 0.558. The van der Waals surface area contributed by atoms with Crippen molar-refractivity contribution in [3.8, 4) is 0 Å². The van der Waals surface area contributed by atoms with Crippen LogP contribution in [0.5, 0.6) is 0 Å². The highest BCUT2D eigenvalue weighted by molar-refractivity contribution is 7.89. The lowest BCUT2D eigenvalue weighted by atomic mass is 10.2. The van der Waals surface area contributed by atoms with Gasteiger partial charge in [-0.2, -0.15) is 0 Å². The smallest absolute Gasteiger partial charge is 0.336 e. The summed E-state index contributed by atoms with van der Waals surface area (Å²) in [7, 11) is -3.62. The van der Waals surface area contributed by atoms with E-state index < -0.39 is 15.6 Å². The molecular formula is C12H15ClN2O4S. The van der Waals surface area contributed by atoms with Gasteiger partial charge in [0.25, 0.3) is 0 Å². The third-order valence-electron chi connectivity index (χ3n) is 2.61. The second-order valence-electron chi connectivity index (χ2n) is 4.21. The molecule has 0 aliphatic heterocycles. The molecule has 2 aromatic rings. The monoisotopic (exact) mass is 318 g/mol. The second kappa shape index (κ2) is 6.36. The average molecular weight is 319 g/mol. The van der Waals surface area contributed by atoms with Crippen LogP contribution in [0.4, 0.5) is 0 Å². The maximum atomic E-state index is 12.1. The minimum Gasteiger partial charge on any atom is -0.423 e. The highest BCUT2D eigenvalue weighted by atomic mass is 35.5. The lowest BCUT2D eigenvalue weighted by Gasteiger charge is -2.12. The second-order valence-corrected chi connectivity index (χ2v) is 5.93. The molecule has 110 valence electrons. The Kier molecular flexibility index (Phi) is 5.29. The number of hydrogen-bond donors (Lipinski definition) is 2. The van der Waals surface area contributed by atoms with Gasteiger partial charge in [0.05, 0.1) is 4.90 Å². The predicted octanol–water partition coefficient (Wildman–Crippen LogP) is 0.840. The van der Waals surface area contributed by atoms with E-state index in [9.17, 15) is 13.2 Å². The Morgan fingerprint density at radius 2 is 2.00 bits per heavy atom. The molecule has 0 radical (unpaired) electrons. The summed E-state index contributed by atoms with van der Waals surface area (Å²) in [6, 6.07) is 6.70. The molecule has 0 fully saturated rings. The Hall–Kier alpha value is -1.41. The zero-order valence-corrected chi connectivity index (χ0v) is 12.3. The maximum absolute atomic E-state index is 12.1. The molecule has 1 aromatic carbocycles. The summed E-state index contributed by atoms with van der Waals surface area (Å²) in [5, 5.41) is 0.544. The molecule has 0 aliphatic carbocycles. The van der Waals surface area contributed by atoms with Crippen LogP contribution in [0.2, 0.25) is 0 Å². The van der Waals surface area contributed by atoms with Crippen molar-refractivity contribution in [1.29, 1.82) is 0 Å². The van der Waals surface area contributed by atoms with Gasteiger partial charge < -0.3 is 10.2 Å². The van der Waals surface area contributed by atoms with Crippen LogP contribution < -0.4 is 16.1 Å². The van der Waals surface area contributed by atoms with Crippen molar-refractivity contribution < 1.29 is 12.8 Å². The summed E-state index contributed by atoms with van der Waals surface area (Å²) in [5.74, 6) is 0. The van der Waals surface area contributed by atoms with Crippen LogP contribution in [-0.4, -0.2) is 21.0 Å². The third kappa shape index (κ3) is 3.57. The predicted molar refractivity (Wildman–Crippen MR) is 78.6 cm³/mol. The van der Waals surface area contributed by atoms with E-state index in [1.165, 1.54) is 30.3 Å². The number of nitrogens with two attached hydrogens (primary N) is 1. The van der Waals surface area contributed by atoms with E-state index in [1.807, 2.05) is 0 Å². The Labute approximate surface area is 122 Å². The largest absolute Gasteiger partial charge is 0.423 e. The van der Waals surface area contributed by atoms with Gasteiger partial charge in [-0.25, -0.2) is 17.9 Å². The molecule has 20 heavy (non-hydrogen) atoms. The summed E-state index contributed by atoms with van der Waals surface area (Å²) >= 11 is 0. The molecule has 0 amide bonds. The van der Waals surface area contributed by atoms with Crippen LogP contribution in [0, 0.1) is 0 Å². The molecule has 0 aliphatic rings. The number of halogens is 1. The molecule has 0 saturated carbocycles. The Bertz CT molecular complexity index is 757. The van der Waals surface area contributed by atoms with E-state index in [4.69, 9.17) is 10.2 Å². The topological polar surface area (TPSA) is 102 Å². The zero-order chi connectivity index (χ0) is 14.0. The Balaban J connectivity index is 0.00000200. The summed E-state index contributed by atoms with van der Waals surface area (Å²) in [5.41, 5.74) is 5.26. The van der Waals surface area contributed by atoms with E-state index in [2.05, 4.69) is 4.72 Å². The van der Waals surface area contributed by atoms with Crippen LogP contribution in [-0.2, 0) is 10.0 Å². The van der Waals surface area contributed by atoms with Gasteiger partial charge in [0.2, 0.25) is 10.0 Å². The SMILES string of the molecule is C[C@H](CN)NS(=O)(=O)c1ccc2oc(=O)ccc2c1.Cl. The van der Waals surface area contributed by atoms with Gasteiger partial charge in [-0.3, -0.25) is 0 Å². The average Bonchev–Trinajstić information content (AvgIpc) is 2.37. The number of fused-ring (bicyclic) bond motifs is 1. The molecule has 6 nitrogen and oxygen atoms in total. The van der Waals surface area contributed by atoms with E-state index >= 15 is 0 Å². The normalized spacial score (nSPS) is 12.9. The van der Waals surface area contributed by atoms with Crippen molar-refractivity contribution in [2.75, 3.05) is 6.54 Å². The van der Waals surface area contributed by atoms with E-state index in [0.717, 1.165) is 0 Å². The molecule has 0 saturated heterocycles.